The number of oxime groups is 2. The molecule has 0 spiro atoms. The zero-order valence-electron chi connectivity index (χ0n) is 17.7. The van der Waals surface area contributed by atoms with E-state index in [0.29, 0.717) is 23.0 Å². The number of rotatable bonds is 8. The second-order valence-electron chi connectivity index (χ2n) is 6.53. The van der Waals surface area contributed by atoms with Gasteiger partial charge in [-0.05, 0) is 18.6 Å². The standard InChI is InChI=1S/C22H23N5O4/c1-14(16-9-7-10-17(12-16)21-24-15(2)31-27-21)25-30-13-18-8-5-6-11-19(18)20(26-29-4)22(28)23-3/h5-12H,13H2,1-4H3,(H,23,28)/b25-14+,26-20+. The highest BCUT2D eigenvalue weighted by atomic mass is 16.6. The van der Waals surface area contributed by atoms with E-state index in [1.54, 1.807) is 13.0 Å². The summed E-state index contributed by atoms with van der Waals surface area (Å²) in [6.07, 6.45) is 0. The lowest BCUT2D eigenvalue weighted by atomic mass is 10.0. The summed E-state index contributed by atoms with van der Waals surface area (Å²) >= 11 is 0. The molecule has 9 heteroatoms. The predicted molar refractivity (Wildman–Crippen MR) is 116 cm³/mol. The Hall–Kier alpha value is -4.01. The van der Waals surface area contributed by atoms with Crippen molar-refractivity contribution in [2.24, 2.45) is 10.3 Å². The van der Waals surface area contributed by atoms with Crippen LogP contribution >= 0.6 is 0 Å². The number of carbonyl (C=O) groups excluding carboxylic acids is 1. The van der Waals surface area contributed by atoms with E-state index in [0.717, 1.165) is 16.7 Å². The zero-order chi connectivity index (χ0) is 22.2. The third kappa shape index (κ3) is 5.33. The van der Waals surface area contributed by atoms with Crippen molar-refractivity contribution in [2.45, 2.75) is 20.5 Å². The Morgan fingerprint density at radius 2 is 1.97 bits per heavy atom. The quantitative estimate of drug-likeness (QED) is 0.442. The molecule has 1 N–H and O–H groups in total. The molecule has 0 aliphatic heterocycles. The Morgan fingerprint density at radius 1 is 1.16 bits per heavy atom. The molecule has 1 aromatic heterocycles. The fourth-order valence-corrected chi connectivity index (χ4v) is 2.85. The molecule has 1 amide bonds. The van der Waals surface area contributed by atoms with Crippen LogP contribution in [0.5, 0.6) is 0 Å². The SMILES string of the molecule is CNC(=O)/C(=N/OC)c1ccccc1CO/N=C(\C)c1cccc(-c2noc(C)n2)c1. The number of aryl methyl sites for hydroxylation is 1. The smallest absolute Gasteiger partial charge is 0.273 e. The van der Waals surface area contributed by atoms with Gasteiger partial charge in [-0.3, -0.25) is 4.79 Å². The maximum atomic E-state index is 12.2. The molecule has 0 unspecified atom stereocenters. The van der Waals surface area contributed by atoms with Crippen LogP contribution in [-0.2, 0) is 21.1 Å². The van der Waals surface area contributed by atoms with Crippen molar-refractivity contribution >= 4 is 17.3 Å². The molecular weight excluding hydrogens is 398 g/mol. The molecule has 0 aliphatic rings. The molecule has 9 nitrogen and oxygen atoms in total. The van der Waals surface area contributed by atoms with Crippen LogP contribution in [0.4, 0.5) is 0 Å². The van der Waals surface area contributed by atoms with Crippen LogP contribution in [-0.4, -0.2) is 41.6 Å². The van der Waals surface area contributed by atoms with Gasteiger partial charge in [0.15, 0.2) is 5.71 Å². The molecule has 31 heavy (non-hydrogen) atoms. The molecule has 0 saturated carbocycles. The van der Waals surface area contributed by atoms with E-state index < -0.39 is 0 Å². The fourth-order valence-electron chi connectivity index (χ4n) is 2.85. The second kappa shape index (κ2) is 10.1. The number of amides is 1. The second-order valence-corrected chi connectivity index (χ2v) is 6.53. The van der Waals surface area contributed by atoms with Gasteiger partial charge < -0.3 is 19.5 Å². The first-order chi connectivity index (χ1) is 15.0. The summed E-state index contributed by atoms with van der Waals surface area (Å²) in [4.78, 5) is 26.8. The summed E-state index contributed by atoms with van der Waals surface area (Å²) in [5.41, 5.74) is 3.87. The van der Waals surface area contributed by atoms with Crippen LogP contribution in [0, 0.1) is 6.92 Å². The van der Waals surface area contributed by atoms with Gasteiger partial charge in [-0.25, -0.2) is 0 Å². The molecule has 0 atom stereocenters. The highest BCUT2D eigenvalue weighted by Gasteiger charge is 2.17. The largest absolute Gasteiger partial charge is 0.398 e. The summed E-state index contributed by atoms with van der Waals surface area (Å²) in [5, 5.41) is 14.6. The monoisotopic (exact) mass is 421 g/mol. The molecule has 3 rings (SSSR count). The molecule has 0 radical (unpaired) electrons. The van der Waals surface area contributed by atoms with Crippen LogP contribution in [0.3, 0.4) is 0 Å². The van der Waals surface area contributed by atoms with Crippen molar-refractivity contribution in [3.05, 3.63) is 71.1 Å². The van der Waals surface area contributed by atoms with E-state index in [2.05, 4.69) is 25.8 Å². The van der Waals surface area contributed by atoms with Crippen LogP contribution in [0.1, 0.15) is 29.5 Å². The average molecular weight is 421 g/mol. The first-order valence-corrected chi connectivity index (χ1v) is 9.52. The summed E-state index contributed by atoms with van der Waals surface area (Å²) < 4.78 is 5.04. The molecule has 2 aromatic carbocycles. The molecule has 0 fully saturated rings. The topological polar surface area (TPSA) is 111 Å². The minimum atomic E-state index is -0.359. The highest BCUT2D eigenvalue weighted by molar-refractivity contribution is 6.45. The Bertz CT molecular complexity index is 1120. The van der Waals surface area contributed by atoms with Crippen molar-refractivity contribution in [3.63, 3.8) is 0 Å². The minimum absolute atomic E-state index is 0.150. The van der Waals surface area contributed by atoms with Gasteiger partial charge in [0.2, 0.25) is 11.7 Å². The van der Waals surface area contributed by atoms with E-state index in [1.165, 1.54) is 14.2 Å². The van der Waals surface area contributed by atoms with E-state index in [4.69, 9.17) is 14.2 Å². The van der Waals surface area contributed by atoms with Gasteiger partial charge in [0.05, 0.1) is 5.71 Å². The average Bonchev–Trinajstić information content (AvgIpc) is 3.24. The van der Waals surface area contributed by atoms with Gasteiger partial charge in [-0.2, -0.15) is 4.98 Å². The lowest BCUT2D eigenvalue weighted by molar-refractivity contribution is -0.114. The molecule has 0 aliphatic carbocycles. The number of benzene rings is 2. The van der Waals surface area contributed by atoms with E-state index in [-0.39, 0.29) is 18.2 Å². The van der Waals surface area contributed by atoms with Crippen molar-refractivity contribution in [3.8, 4) is 11.4 Å². The maximum absolute atomic E-state index is 12.2. The molecule has 160 valence electrons. The summed E-state index contributed by atoms with van der Waals surface area (Å²) in [6, 6.07) is 14.9. The van der Waals surface area contributed by atoms with Gasteiger partial charge in [0, 0.05) is 30.7 Å². The van der Waals surface area contributed by atoms with Crippen LogP contribution in [0.2, 0.25) is 0 Å². The molecule has 0 saturated heterocycles. The van der Waals surface area contributed by atoms with Crippen LogP contribution < -0.4 is 5.32 Å². The third-order valence-corrected chi connectivity index (χ3v) is 4.38. The van der Waals surface area contributed by atoms with E-state index >= 15 is 0 Å². The summed E-state index contributed by atoms with van der Waals surface area (Å²) in [5.74, 6) is 0.657. The van der Waals surface area contributed by atoms with E-state index in [9.17, 15) is 4.79 Å². The van der Waals surface area contributed by atoms with Gasteiger partial charge in [-0.15, -0.1) is 0 Å². The predicted octanol–water partition coefficient (Wildman–Crippen LogP) is 3.08. The number of hydrogen-bond donors (Lipinski definition) is 1. The number of carbonyl (C=O) groups is 1. The molecule has 1 heterocycles. The molecule has 3 aromatic rings. The molecular formula is C22H23N5O4. The third-order valence-electron chi connectivity index (χ3n) is 4.38. The minimum Gasteiger partial charge on any atom is -0.398 e. The van der Waals surface area contributed by atoms with Crippen LogP contribution in [0.15, 0.2) is 63.4 Å². The Balaban J connectivity index is 1.77. The Labute approximate surface area is 179 Å². The first kappa shape index (κ1) is 21.7. The van der Waals surface area contributed by atoms with Gasteiger partial charge >= 0.3 is 0 Å². The Morgan fingerprint density at radius 3 is 2.68 bits per heavy atom. The van der Waals surface area contributed by atoms with E-state index in [1.807, 2.05) is 49.4 Å². The number of nitrogens with one attached hydrogen (secondary N) is 1. The van der Waals surface area contributed by atoms with Crippen molar-refractivity contribution in [2.75, 3.05) is 14.2 Å². The Kier molecular flexibility index (Phi) is 7.10. The molecule has 0 bridgehead atoms. The highest BCUT2D eigenvalue weighted by Crippen LogP contribution is 2.18. The van der Waals surface area contributed by atoms with Crippen molar-refractivity contribution in [1.29, 1.82) is 0 Å². The first-order valence-electron chi connectivity index (χ1n) is 9.52. The van der Waals surface area contributed by atoms with Gasteiger partial charge in [0.1, 0.15) is 13.7 Å². The maximum Gasteiger partial charge on any atom is 0.273 e. The number of aromatic nitrogens is 2. The van der Waals surface area contributed by atoms with Crippen molar-refractivity contribution < 1.29 is 19.0 Å². The lowest BCUT2D eigenvalue weighted by Crippen LogP contribution is -2.29. The summed E-state index contributed by atoms with van der Waals surface area (Å²) in [7, 11) is 2.92. The lowest BCUT2D eigenvalue weighted by Gasteiger charge is -2.10. The van der Waals surface area contributed by atoms with Crippen molar-refractivity contribution in [1.82, 2.24) is 15.5 Å². The zero-order valence-corrected chi connectivity index (χ0v) is 17.7. The number of hydrogen-bond acceptors (Lipinski definition) is 8. The number of likely N-dealkylation sites (N-methyl/N-ethyl adjacent to an activating group) is 1. The normalized spacial score (nSPS) is 11.9. The number of nitrogens with zero attached hydrogens (tertiary/aromatic N) is 4. The summed E-state index contributed by atoms with van der Waals surface area (Å²) in [6.45, 7) is 3.73. The fraction of sp³-hybridized carbons (Fsp3) is 0.227. The van der Waals surface area contributed by atoms with Crippen LogP contribution in [0.25, 0.3) is 11.4 Å². The van der Waals surface area contributed by atoms with Gasteiger partial charge in [-0.1, -0.05) is 57.9 Å². The van der Waals surface area contributed by atoms with Gasteiger partial charge in [0.25, 0.3) is 5.91 Å².